The second-order valence-corrected chi connectivity index (χ2v) is 9.26. The number of benzene rings is 1. The highest BCUT2D eigenvalue weighted by Gasteiger charge is 2.32. The summed E-state index contributed by atoms with van der Waals surface area (Å²) in [5.41, 5.74) is 0.727. The summed E-state index contributed by atoms with van der Waals surface area (Å²) in [6.45, 7) is 0.174. The second kappa shape index (κ2) is 9.14. The molecule has 1 saturated heterocycles. The van der Waals surface area contributed by atoms with Gasteiger partial charge in [0, 0.05) is 31.8 Å². The molecule has 1 aromatic heterocycles. The van der Waals surface area contributed by atoms with Gasteiger partial charge in [0.15, 0.2) is 5.76 Å². The van der Waals surface area contributed by atoms with E-state index in [1.807, 2.05) is 0 Å². The summed E-state index contributed by atoms with van der Waals surface area (Å²) in [6.07, 6.45) is -4.33. The second-order valence-electron chi connectivity index (χ2n) is 6.94. The smallest absolute Gasteiger partial charge is 0.411 e. The Morgan fingerprint density at radius 1 is 1.12 bits per heavy atom. The van der Waals surface area contributed by atoms with Crippen LogP contribution in [0.25, 0.3) is 5.76 Å². The minimum atomic E-state index is -4.87. The van der Waals surface area contributed by atoms with Gasteiger partial charge in [0.25, 0.3) is 5.56 Å². The first-order valence-electron chi connectivity index (χ1n) is 9.24. The predicted molar refractivity (Wildman–Crippen MR) is 110 cm³/mol. The molecule has 0 aliphatic carbocycles. The van der Waals surface area contributed by atoms with E-state index in [-0.39, 0.29) is 47.3 Å². The lowest BCUT2D eigenvalue weighted by Crippen LogP contribution is -2.36. The fourth-order valence-corrected chi connectivity index (χ4v) is 4.92. The van der Waals surface area contributed by atoms with Crippen molar-refractivity contribution in [2.75, 3.05) is 13.1 Å². The average Bonchev–Trinajstić information content (AvgIpc) is 2.72. The molecule has 1 fully saturated rings. The van der Waals surface area contributed by atoms with Gasteiger partial charge in [0.05, 0.1) is 4.90 Å². The van der Waals surface area contributed by atoms with Crippen molar-refractivity contribution in [3.05, 3.63) is 63.0 Å². The number of sulfonamides is 1. The monoisotopic (exact) mass is 493 g/mol. The highest BCUT2D eigenvalue weighted by Crippen LogP contribution is 2.31. The van der Waals surface area contributed by atoms with Crippen molar-refractivity contribution in [2.45, 2.75) is 24.1 Å². The molecule has 2 aromatic rings. The van der Waals surface area contributed by atoms with Crippen LogP contribution in [0, 0.1) is 0 Å². The van der Waals surface area contributed by atoms with Crippen LogP contribution >= 0.6 is 11.6 Å². The number of pyridine rings is 1. The Morgan fingerprint density at radius 2 is 1.72 bits per heavy atom. The van der Waals surface area contributed by atoms with Crippen LogP contribution in [-0.4, -0.2) is 36.7 Å². The number of rotatable bonds is 5. The number of aromatic nitrogens is 1. The predicted octanol–water partition coefficient (Wildman–Crippen LogP) is 3.02. The van der Waals surface area contributed by atoms with Crippen LogP contribution < -0.4 is 16.2 Å². The van der Waals surface area contributed by atoms with Crippen LogP contribution in [0.15, 0.2) is 51.7 Å². The zero-order valence-electron chi connectivity index (χ0n) is 16.7. The van der Waals surface area contributed by atoms with Crippen molar-refractivity contribution >= 4 is 27.4 Å². The lowest BCUT2D eigenvalue weighted by Gasteiger charge is -2.28. The van der Waals surface area contributed by atoms with Crippen molar-refractivity contribution in [1.29, 1.82) is 0 Å². The standard InChI is InChI=1S/C19H19ClF3N3O5S/c1-25-16(20)10-13(11-17(25)27)18(31-24)12-6-8-26(9-7-12)32(28,29)15-4-2-14(3-5-15)30-19(21,22)23/h2-5,10-11H,6-9,24H2,1H3. The summed E-state index contributed by atoms with van der Waals surface area (Å²) >= 11 is 6.04. The van der Waals surface area contributed by atoms with E-state index in [9.17, 15) is 26.4 Å². The summed E-state index contributed by atoms with van der Waals surface area (Å²) in [7, 11) is -2.42. The minimum Gasteiger partial charge on any atom is -0.411 e. The van der Waals surface area contributed by atoms with Crippen LogP contribution in [0.1, 0.15) is 18.4 Å². The van der Waals surface area contributed by atoms with Gasteiger partial charge in [-0.1, -0.05) is 11.6 Å². The third kappa shape index (κ3) is 5.26. The Labute approximate surface area is 186 Å². The molecular formula is C19H19ClF3N3O5S. The largest absolute Gasteiger partial charge is 0.573 e. The number of alkyl halides is 3. The number of piperidine rings is 1. The number of halogens is 4. The van der Waals surface area contributed by atoms with E-state index in [1.54, 1.807) is 0 Å². The quantitative estimate of drug-likeness (QED) is 0.390. The SMILES string of the molecule is Cn1c(Cl)cc(C(ON)=C2CCN(S(=O)(=O)c3ccc(OC(F)(F)F)cc3)CC2)cc1=O. The van der Waals surface area contributed by atoms with Gasteiger partial charge in [-0.25, -0.2) is 8.42 Å². The van der Waals surface area contributed by atoms with Crippen LogP contribution in [0.5, 0.6) is 5.75 Å². The lowest BCUT2D eigenvalue weighted by molar-refractivity contribution is -0.274. The Hall–Kier alpha value is -2.54. The van der Waals surface area contributed by atoms with Gasteiger partial charge in [-0.2, -0.15) is 10.2 Å². The van der Waals surface area contributed by atoms with Crippen molar-refractivity contribution in [1.82, 2.24) is 8.87 Å². The molecule has 32 heavy (non-hydrogen) atoms. The number of nitrogens with two attached hydrogens (primary N) is 1. The summed E-state index contributed by atoms with van der Waals surface area (Å²) in [5, 5.41) is 0.181. The molecule has 1 aromatic carbocycles. The molecule has 0 spiro atoms. The number of hydrogen-bond acceptors (Lipinski definition) is 6. The highest BCUT2D eigenvalue weighted by molar-refractivity contribution is 7.89. The van der Waals surface area contributed by atoms with Gasteiger partial charge >= 0.3 is 6.36 Å². The molecule has 0 atom stereocenters. The van der Waals surface area contributed by atoms with E-state index in [0.29, 0.717) is 11.1 Å². The molecule has 2 heterocycles. The summed E-state index contributed by atoms with van der Waals surface area (Å²) in [6, 6.07) is 6.82. The molecule has 2 N–H and O–H groups in total. The fraction of sp³-hybridized carbons (Fsp3) is 0.316. The Balaban J connectivity index is 1.78. The molecule has 13 heteroatoms. The van der Waals surface area contributed by atoms with Crippen molar-refractivity contribution in [3.63, 3.8) is 0 Å². The van der Waals surface area contributed by atoms with Crippen molar-refractivity contribution in [2.24, 2.45) is 12.9 Å². The first-order valence-corrected chi connectivity index (χ1v) is 11.1. The van der Waals surface area contributed by atoms with Gasteiger partial charge in [0.1, 0.15) is 10.9 Å². The summed E-state index contributed by atoms with van der Waals surface area (Å²) in [4.78, 5) is 16.8. The maximum Gasteiger partial charge on any atom is 0.573 e. The number of nitrogens with zero attached hydrogens (tertiary/aromatic N) is 2. The van der Waals surface area contributed by atoms with Gasteiger partial charge in [-0.15, -0.1) is 13.2 Å². The Kier molecular flexibility index (Phi) is 6.89. The Morgan fingerprint density at radius 3 is 2.22 bits per heavy atom. The minimum absolute atomic E-state index is 0.0872. The van der Waals surface area contributed by atoms with Crippen molar-refractivity contribution in [3.8, 4) is 5.75 Å². The summed E-state index contributed by atoms with van der Waals surface area (Å²) < 4.78 is 68.8. The molecule has 0 bridgehead atoms. The highest BCUT2D eigenvalue weighted by atomic mass is 35.5. The van der Waals surface area contributed by atoms with Crippen LogP contribution in [0.4, 0.5) is 13.2 Å². The van der Waals surface area contributed by atoms with E-state index in [1.165, 1.54) is 28.1 Å². The third-order valence-electron chi connectivity index (χ3n) is 4.93. The number of ether oxygens (including phenoxy) is 1. The van der Waals surface area contributed by atoms with Gasteiger partial charge in [-0.3, -0.25) is 4.79 Å². The third-order valence-corrected chi connectivity index (χ3v) is 7.20. The van der Waals surface area contributed by atoms with E-state index >= 15 is 0 Å². The van der Waals surface area contributed by atoms with Crippen molar-refractivity contribution < 1.29 is 31.2 Å². The van der Waals surface area contributed by atoms with Crippen LogP contribution in [0.2, 0.25) is 5.15 Å². The number of hydrogen-bond donors (Lipinski definition) is 1. The maximum absolute atomic E-state index is 12.9. The van der Waals surface area contributed by atoms with E-state index in [0.717, 1.165) is 24.3 Å². The molecule has 0 unspecified atom stereocenters. The van der Waals surface area contributed by atoms with Crippen LogP contribution in [-0.2, 0) is 21.9 Å². The normalized spacial score (nSPS) is 15.5. The average molecular weight is 494 g/mol. The first-order chi connectivity index (χ1) is 14.9. The molecule has 0 amide bonds. The molecule has 3 rings (SSSR count). The molecule has 1 aliphatic rings. The first kappa shape index (κ1) is 24.1. The molecule has 174 valence electrons. The van der Waals surface area contributed by atoms with Crippen LogP contribution in [0.3, 0.4) is 0 Å². The molecule has 0 saturated carbocycles. The summed E-state index contributed by atoms with van der Waals surface area (Å²) in [5.74, 6) is 5.14. The van der Waals surface area contributed by atoms with E-state index < -0.39 is 22.1 Å². The maximum atomic E-state index is 12.9. The zero-order valence-corrected chi connectivity index (χ0v) is 18.3. The molecule has 8 nitrogen and oxygen atoms in total. The topological polar surface area (TPSA) is 104 Å². The molecule has 0 radical (unpaired) electrons. The van der Waals surface area contributed by atoms with E-state index in [2.05, 4.69) is 4.74 Å². The molecule has 1 aliphatic heterocycles. The van der Waals surface area contributed by atoms with E-state index in [4.69, 9.17) is 22.3 Å². The zero-order chi connectivity index (χ0) is 23.7. The van der Waals surface area contributed by atoms with Gasteiger partial charge < -0.3 is 14.1 Å². The van der Waals surface area contributed by atoms with Gasteiger partial charge in [-0.05, 0) is 48.7 Å². The lowest BCUT2D eigenvalue weighted by atomic mass is 10.0. The Bertz CT molecular complexity index is 1180. The van der Waals surface area contributed by atoms with Gasteiger partial charge in [0.2, 0.25) is 10.0 Å². The molecular weight excluding hydrogens is 475 g/mol. The fourth-order valence-electron chi connectivity index (χ4n) is 3.27.